The molecule has 0 saturated carbocycles. The Morgan fingerprint density at radius 2 is 1.95 bits per heavy atom. The van der Waals surface area contributed by atoms with Crippen molar-refractivity contribution in [3.8, 4) is 0 Å². The monoisotopic (exact) mass is 350 g/mol. The second-order valence-corrected chi connectivity index (χ2v) is 4.62. The number of hydrogen-bond acceptors (Lipinski definition) is 5. The molecule has 1 saturated heterocycles. The molecular weight excluding hydrogens is 331 g/mol. The smallest absolute Gasteiger partial charge is 0.407 e. The summed E-state index contributed by atoms with van der Waals surface area (Å²) in [6, 6.07) is 8.97. The number of amides is 1. The Morgan fingerprint density at radius 1 is 1.27 bits per heavy atom. The van der Waals surface area contributed by atoms with Gasteiger partial charge >= 0.3 is 12.1 Å². The van der Waals surface area contributed by atoms with Crippen LogP contribution in [0.15, 0.2) is 30.3 Å². The average Bonchev–Trinajstić information content (AvgIpc) is 2.94. The maximum absolute atomic E-state index is 11.6. The van der Waals surface area contributed by atoms with Crippen LogP contribution in [0, 0.1) is 0 Å². The molecule has 22 heavy (non-hydrogen) atoms. The first-order chi connectivity index (χ1) is 9.69. The van der Waals surface area contributed by atoms with Crippen molar-refractivity contribution in [3.05, 3.63) is 35.9 Å². The van der Waals surface area contributed by atoms with Crippen molar-refractivity contribution in [2.75, 3.05) is 13.7 Å². The summed E-state index contributed by atoms with van der Waals surface area (Å²) in [6.45, 7) is 0.757. The van der Waals surface area contributed by atoms with Gasteiger partial charge in [-0.15, -0.1) is 24.8 Å². The fourth-order valence-electron chi connectivity index (χ4n) is 2.10. The number of halogens is 2. The van der Waals surface area contributed by atoms with E-state index in [0.717, 1.165) is 5.56 Å². The highest BCUT2D eigenvalue weighted by molar-refractivity contribution is 5.85. The molecule has 1 aromatic carbocycles. The largest absolute Gasteiger partial charge is 0.468 e. The van der Waals surface area contributed by atoms with E-state index in [0.29, 0.717) is 13.0 Å². The topological polar surface area (TPSA) is 76.7 Å². The second kappa shape index (κ2) is 10.3. The maximum atomic E-state index is 11.6. The number of methoxy groups -OCH3 is 1. The molecule has 8 heteroatoms. The van der Waals surface area contributed by atoms with Gasteiger partial charge in [-0.2, -0.15) is 0 Å². The summed E-state index contributed by atoms with van der Waals surface area (Å²) >= 11 is 0. The molecular formula is C14H20Cl2N2O4. The summed E-state index contributed by atoms with van der Waals surface area (Å²) in [4.78, 5) is 23.0. The molecule has 0 spiro atoms. The zero-order chi connectivity index (χ0) is 14.4. The van der Waals surface area contributed by atoms with Crippen LogP contribution in [0.2, 0.25) is 0 Å². The molecule has 6 nitrogen and oxygen atoms in total. The Morgan fingerprint density at radius 3 is 2.59 bits per heavy atom. The molecule has 0 bridgehead atoms. The molecule has 0 aromatic heterocycles. The maximum Gasteiger partial charge on any atom is 0.407 e. The molecule has 2 N–H and O–H groups in total. The van der Waals surface area contributed by atoms with Gasteiger partial charge in [0, 0.05) is 12.6 Å². The Kier molecular flexibility index (Phi) is 9.56. The summed E-state index contributed by atoms with van der Waals surface area (Å²) < 4.78 is 9.77. The zero-order valence-corrected chi connectivity index (χ0v) is 13.7. The third kappa shape index (κ3) is 6.09. The van der Waals surface area contributed by atoms with Gasteiger partial charge in [0.15, 0.2) is 0 Å². The lowest BCUT2D eigenvalue weighted by Crippen LogP contribution is -2.36. The fourth-order valence-corrected chi connectivity index (χ4v) is 2.10. The SMILES string of the molecule is COC(=O)C1CC(NC(=O)OCc2ccccc2)CN1.Cl.Cl. The van der Waals surface area contributed by atoms with Crippen LogP contribution in [0.5, 0.6) is 0 Å². The highest BCUT2D eigenvalue weighted by Crippen LogP contribution is 2.08. The minimum absolute atomic E-state index is 0. The minimum atomic E-state index is -0.480. The first-order valence-corrected chi connectivity index (χ1v) is 6.47. The number of esters is 1. The van der Waals surface area contributed by atoms with Crippen LogP contribution in [-0.4, -0.2) is 37.8 Å². The first kappa shape index (κ1) is 20.5. The lowest BCUT2D eigenvalue weighted by molar-refractivity contribution is -0.142. The first-order valence-electron chi connectivity index (χ1n) is 6.47. The van der Waals surface area contributed by atoms with Crippen LogP contribution in [0.25, 0.3) is 0 Å². The van der Waals surface area contributed by atoms with Crippen molar-refractivity contribution in [1.82, 2.24) is 10.6 Å². The van der Waals surface area contributed by atoms with Crippen LogP contribution in [0.3, 0.4) is 0 Å². The molecule has 0 radical (unpaired) electrons. The summed E-state index contributed by atoms with van der Waals surface area (Å²) in [6.07, 6.45) is 0.0267. The molecule has 1 aliphatic rings. The molecule has 1 aliphatic heterocycles. The number of carbonyl (C=O) groups excluding carboxylic acids is 2. The third-order valence-corrected chi connectivity index (χ3v) is 3.15. The molecule has 2 unspecified atom stereocenters. The Labute approximate surface area is 141 Å². The van der Waals surface area contributed by atoms with Crippen LogP contribution in [0.1, 0.15) is 12.0 Å². The van der Waals surface area contributed by atoms with Gasteiger partial charge in [-0.25, -0.2) is 4.79 Å². The molecule has 0 aliphatic carbocycles. The Balaban J connectivity index is 0.00000220. The zero-order valence-electron chi connectivity index (χ0n) is 12.1. The van der Waals surface area contributed by atoms with Crippen molar-refractivity contribution < 1.29 is 19.1 Å². The van der Waals surface area contributed by atoms with Gasteiger partial charge in [0.25, 0.3) is 0 Å². The van der Waals surface area contributed by atoms with Crippen LogP contribution >= 0.6 is 24.8 Å². The van der Waals surface area contributed by atoms with Gasteiger partial charge < -0.3 is 20.1 Å². The Hall–Kier alpha value is -1.50. The number of hydrogen-bond donors (Lipinski definition) is 2. The molecule has 1 amide bonds. The van der Waals surface area contributed by atoms with Gasteiger partial charge in [-0.05, 0) is 12.0 Å². The van der Waals surface area contributed by atoms with Crippen molar-refractivity contribution in [3.63, 3.8) is 0 Å². The summed E-state index contributed by atoms with van der Waals surface area (Å²) in [5, 5.41) is 5.72. The predicted molar refractivity (Wildman–Crippen MR) is 86.5 cm³/mol. The van der Waals surface area contributed by atoms with E-state index in [9.17, 15) is 9.59 Å². The fraction of sp³-hybridized carbons (Fsp3) is 0.429. The van der Waals surface area contributed by atoms with Gasteiger partial charge in [-0.1, -0.05) is 30.3 Å². The lowest BCUT2D eigenvalue weighted by Gasteiger charge is -2.12. The minimum Gasteiger partial charge on any atom is -0.468 e. The molecule has 1 aromatic rings. The number of benzene rings is 1. The molecule has 1 fully saturated rings. The summed E-state index contributed by atoms with van der Waals surface area (Å²) in [7, 11) is 1.35. The van der Waals surface area contributed by atoms with Gasteiger partial charge in [0.1, 0.15) is 12.6 Å². The summed E-state index contributed by atoms with van der Waals surface area (Å²) in [5.41, 5.74) is 0.930. The van der Waals surface area contributed by atoms with Gasteiger partial charge in [0.2, 0.25) is 0 Å². The van der Waals surface area contributed by atoms with Gasteiger partial charge in [0.05, 0.1) is 7.11 Å². The second-order valence-electron chi connectivity index (χ2n) is 4.62. The summed E-state index contributed by atoms with van der Waals surface area (Å²) in [5.74, 6) is -0.313. The van der Waals surface area contributed by atoms with Crippen molar-refractivity contribution in [2.45, 2.75) is 25.1 Å². The van der Waals surface area contributed by atoms with E-state index in [4.69, 9.17) is 4.74 Å². The molecule has 2 rings (SSSR count). The number of rotatable bonds is 4. The van der Waals surface area contributed by atoms with Crippen molar-refractivity contribution in [2.24, 2.45) is 0 Å². The van der Waals surface area contributed by atoms with E-state index >= 15 is 0 Å². The van der Waals surface area contributed by atoms with E-state index in [1.54, 1.807) is 0 Å². The highest BCUT2D eigenvalue weighted by Gasteiger charge is 2.31. The average molecular weight is 351 g/mol. The third-order valence-electron chi connectivity index (χ3n) is 3.15. The van der Waals surface area contributed by atoms with Crippen LogP contribution in [-0.2, 0) is 20.9 Å². The van der Waals surface area contributed by atoms with E-state index in [1.807, 2.05) is 30.3 Å². The quantitative estimate of drug-likeness (QED) is 0.807. The number of alkyl carbamates (subject to hydrolysis) is 1. The van der Waals surface area contributed by atoms with Crippen molar-refractivity contribution in [1.29, 1.82) is 0 Å². The number of ether oxygens (including phenoxy) is 2. The van der Waals surface area contributed by atoms with E-state index in [2.05, 4.69) is 15.4 Å². The number of nitrogens with one attached hydrogen (secondary N) is 2. The van der Waals surface area contributed by atoms with Crippen molar-refractivity contribution >= 4 is 36.9 Å². The van der Waals surface area contributed by atoms with Gasteiger partial charge in [-0.3, -0.25) is 4.79 Å². The van der Waals surface area contributed by atoms with E-state index in [-0.39, 0.29) is 49.5 Å². The van der Waals surface area contributed by atoms with Crippen LogP contribution in [0.4, 0.5) is 4.79 Å². The molecule has 2 atom stereocenters. The van der Waals surface area contributed by atoms with E-state index < -0.39 is 6.09 Å². The molecule has 1 heterocycles. The Bertz CT molecular complexity index is 473. The highest BCUT2D eigenvalue weighted by atomic mass is 35.5. The lowest BCUT2D eigenvalue weighted by atomic mass is 10.2. The standard InChI is InChI=1S/C14H18N2O4.2ClH/c1-19-13(17)12-7-11(8-15-12)16-14(18)20-9-10-5-3-2-4-6-10;;/h2-6,11-12,15H,7-9H2,1H3,(H,16,18);2*1H. The molecule has 124 valence electrons. The number of carbonyl (C=O) groups is 2. The van der Waals surface area contributed by atoms with Crippen LogP contribution < -0.4 is 10.6 Å². The van der Waals surface area contributed by atoms with E-state index in [1.165, 1.54) is 7.11 Å². The predicted octanol–water partition coefficient (Wildman–Crippen LogP) is 1.66. The normalized spacial score (nSPS) is 19.3.